The number of hydrogen-bond acceptors (Lipinski definition) is 10. The highest BCUT2D eigenvalue weighted by atomic mass is 35.5. The SMILES string of the molecule is COc1ccc(C(=O)NCCOCCOCCOCCOCCOC2CCCCC2)cc1NC(=O)[C@@H]1N[C@@H](CC(C)(C)C)[C@](C#N)(c2ccc(Cl)cc2F)[C@H]1c1cccc(Cl)c1F. The molecule has 0 aromatic heterocycles. The van der Waals surface area contributed by atoms with Crippen molar-refractivity contribution < 1.29 is 46.8 Å². The molecule has 1 saturated heterocycles. The van der Waals surface area contributed by atoms with Crippen molar-refractivity contribution in [2.45, 2.75) is 88.8 Å². The first-order valence-corrected chi connectivity index (χ1v) is 22.3. The summed E-state index contributed by atoms with van der Waals surface area (Å²) < 4.78 is 65.8. The van der Waals surface area contributed by atoms with Gasteiger partial charge in [0.15, 0.2) is 0 Å². The highest BCUT2D eigenvalue weighted by Crippen LogP contribution is 2.53. The summed E-state index contributed by atoms with van der Waals surface area (Å²) in [7, 11) is 1.41. The number of nitrogens with one attached hydrogen (secondary N) is 3. The molecule has 2 fully saturated rings. The molecule has 12 nitrogen and oxygen atoms in total. The molecular weight excluding hydrogens is 857 g/mol. The quantitative estimate of drug-likeness (QED) is 0.0793. The number of rotatable bonds is 23. The molecule has 1 aliphatic carbocycles. The van der Waals surface area contributed by atoms with Crippen LogP contribution in [0, 0.1) is 28.4 Å². The number of nitrogens with zero attached hydrogens (tertiary/aromatic N) is 1. The first-order chi connectivity index (χ1) is 30.3. The number of hydrogen-bond donors (Lipinski definition) is 3. The second kappa shape index (κ2) is 24.4. The number of carbonyl (C=O) groups excluding carboxylic acids is 2. The molecule has 3 aromatic rings. The normalized spacial score (nSPS) is 20.3. The summed E-state index contributed by atoms with van der Waals surface area (Å²) in [6.45, 7) is 9.95. The second-order valence-corrected chi connectivity index (χ2v) is 17.8. The van der Waals surface area contributed by atoms with Crippen molar-refractivity contribution in [3.8, 4) is 11.8 Å². The molecule has 2 amide bonds. The van der Waals surface area contributed by atoms with Gasteiger partial charge in [0.1, 0.15) is 22.8 Å². The zero-order chi connectivity index (χ0) is 45.4. The monoisotopic (exact) mass is 916 g/mol. The van der Waals surface area contributed by atoms with Crippen LogP contribution in [0.4, 0.5) is 14.5 Å². The van der Waals surface area contributed by atoms with E-state index in [-0.39, 0.29) is 51.3 Å². The van der Waals surface area contributed by atoms with E-state index in [4.69, 9.17) is 51.6 Å². The average Bonchev–Trinajstić information content (AvgIpc) is 3.57. The smallest absolute Gasteiger partial charge is 0.251 e. The molecule has 63 heavy (non-hydrogen) atoms. The van der Waals surface area contributed by atoms with Crippen molar-refractivity contribution in [1.82, 2.24) is 10.6 Å². The Morgan fingerprint density at radius 3 is 2.14 bits per heavy atom. The van der Waals surface area contributed by atoms with E-state index in [2.05, 4.69) is 22.0 Å². The van der Waals surface area contributed by atoms with E-state index >= 15 is 8.78 Å². The van der Waals surface area contributed by atoms with Crippen LogP contribution in [-0.4, -0.2) is 103 Å². The summed E-state index contributed by atoms with van der Waals surface area (Å²) in [6.07, 6.45) is 6.77. The van der Waals surface area contributed by atoms with Gasteiger partial charge < -0.3 is 44.4 Å². The first kappa shape index (κ1) is 50.1. The molecule has 4 atom stereocenters. The molecule has 1 heterocycles. The molecule has 0 unspecified atom stereocenters. The van der Waals surface area contributed by atoms with Crippen molar-refractivity contribution in [2.75, 3.05) is 78.4 Å². The van der Waals surface area contributed by atoms with Crippen LogP contribution in [0.25, 0.3) is 0 Å². The maximum Gasteiger partial charge on any atom is 0.251 e. The van der Waals surface area contributed by atoms with Gasteiger partial charge in [-0.1, -0.05) is 81.4 Å². The van der Waals surface area contributed by atoms with Gasteiger partial charge in [-0.2, -0.15) is 5.26 Å². The van der Waals surface area contributed by atoms with Gasteiger partial charge in [0.05, 0.1) is 95.5 Å². The molecule has 2 aliphatic rings. The highest BCUT2D eigenvalue weighted by molar-refractivity contribution is 6.31. The van der Waals surface area contributed by atoms with E-state index in [0.29, 0.717) is 65.4 Å². The van der Waals surface area contributed by atoms with Crippen LogP contribution < -0.4 is 20.7 Å². The van der Waals surface area contributed by atoms with Gasteiger partial charge in [0, 0.05) is 34.7 Å². The summed E-state index contributed by atoms with van der Waals surface area (Å²) >= 11 is 12.4. The molecule has 16 heteroatoms. The number of methoxy groups -OCH3 is 1. The molecule has 5 rings (SSSR count). The minimum atomic E-state index is -1.82. The van der Waals surface area contributed by atoms with E-state index in [9.17, 15) is 14.9 Å². The van der Waals surface area contributed by atoms with Crippen molar-refractivity contribution in [3.63, 3.8) is 0 Å². The van der Waals surface area contributed by atoms with Crippen LogP contribution in [0.5, 0.6) is 5.75 Å². The summed E-state index contributed by atoms with van der Waals surface area (Å²) in [5.41, 5.74) is -1.98. The topological polar surface area (TPSA) is 149 Å². The standard InChI is InChI=1S/C47H60Cl2F2N4O8/c1-46(2,3)29-40-47(30-52,35-15-14-32(48)28-37(35)50)41(34-11-8-12-36(49)42(34)51)43(55-40)45(57)54-38-27-31(13-16-39(38)58-4)44(56)53-17-18-59-19-20-60-21-22-61-23-24-62-25-26-63-33-9-6-5-7-10-33/h8,11-16,27-28,33,40-41,43,55H,5-7,9-10,17-26,29H2,1-4H3,(H,53,56)(H,54,57)/t40-,41-,43+,47-/m0/s1. The molecule has 3 aromatic carbocycles. The predicted octanol–water partition coefficient (Wildman–Crippen LogP) is 8.39. The molecule has 0 radical (unpaired) electrons. The van der Waals surface area contributed by atoms with Crippen LogP contribution in [0.3, 0.4) is 0 Å². The van der Waals surface area contributed by atoms with E-state index in [1.54, 1.807) is 6.07 Å². The number of nitriles is 1. The summed E-state index contributed by atoms with van der Waals surface area (Å²) in [5.74, 6) is -3.77. The zero-order valence-electron chi connectivity index (χ0n) is 36.5. The van der Waals surface area contributed by atoms with Crippen LogP contribution >= 0.6 is 23.2 Å². The van der Waals surface area contributed by atoms with Crippen molar-refractivity contribution >= 4 is 40.7 Å². The third kappa shape index (κ3) is 13.8. The number of ether oxygens (including phenoxy) is 6. The lowest BCUT2D eigenvalue weighted by molar-refractivity contribution is -0.118. The summed E-state index contributed by atoms with van der Waals surface area (Å²) in [5, 5.41) is 20.0. The number of benzene rings is 3. The van der Waals surface area contributed by atoms with E-state index in [1.165, 1.54) is 68.8 Å². The second-order valence-electron chi connectivity index (χ2n) is 16.9. The number of amides is 2. The number of halogens is 4. The third-order valence-corrected chi connectivity index (χ3v) is 11.8. The molecule has 344 valence electrons. The van der Waals surface area contributed by atoms with Crippen LogP contribution in [-0.2, 0) is 33.9 Å². The largest absolute Gasteiger partial charge is 0.495 e. The van der Waals surface area contributed by atoms with Crippen LogP contribution in [0.1, 0.15) is 86.7 Å². The number of anilines is 1. The maximum atomic E-state index is 16.1. The lowest BCUT2D eigenvalue weighted by Crippen LogP contribution is -2.45. The Morgan fingerprint density at radius 2 is 1.52 bits per heavy atom. The van der Waals surface area contributed by atoms with Gasteiger partial charge in [-0.25, -0.2) is 8.78 Å². The van der Waals surface area contributed by atoms with Gasteiger partial charge in [-0.15, -0.1) is 0 Å². The Balaban J connectivity index is 1.15. The van der Waals surface area contributed by atoms with Gasteiger partial charge in [-0.3, -0.25) is 9.59 Å². The Hall–Kier alpha value is -3.91. The van der Waals surface area contributed by atoms with Gasteiger partial charge >= 0.3 is 0 Å². The fourth-order valence-electron chi connectivity index (χ4n) is 8.32. The molecule has 1 saturated carbocycles. The fourth-order valence-corrected chi connectivity index (χ4v) is 8.66. The summed E-state index contributed by atoms with van der Waals surface area (Å²) in [4.78, 5) is 27.8. The lowest BCUT2D eigenvalue weighted by atomic mass is 9.62. The maximum absolute atomic E-state index is 16.1. The van der Waals surface area contributed by atoms with Crippen molar-refractivity contribution in [1.29, 1.82) is 5.26 Å². The molecule has 0 bridgehead atoms. The first-order valence-electron chi connectivity index (χ1n) is 21.6. The molecule has 3 N–H and O–H groups in total. The summed E-state index contributed by atoms with van der Waals surface area (Å²) in [6, 6.07) is 13.0. The zero-order valence-corrected chi connectivity index (χ0v) is 38.1. The fraction of sp³-hybridized carbons (Fsp3) is 0.553. The van der Waals surface area contributed by atoms with Gasteiger partial charge in [-0.05, 0) is 66.6 Å². The molecular formula is C47H60Cl2F2N4O8. The minimum absolute atomic E-state index is 0.0446. The Bertz CT molecular complexity index is 2010. The third-order valence-electron chi connectivity index (χ3n) is 11.2. The minimum Gasteiger partial charge on any atom is -0.495 e. The Morgan fingerprint density at radius 1 is 0.873 bits per heavy atom. The van der Waals surface area contributed by atoms with Crippen molar-refractivity contribution in [2.24, 2.45) is 5.41 Å². The van der Waals surface area contributed by atoms with Crippen LogP contribution in [0.15, 0.2) is 54.6 Å². The Kier molecular flexibility index (Phi) is 19.4. The predicted molar refractivity (Wildman–Crippen MR) is 238 cm³/mol. The van der Waals surface area contributed by atoms with E-state index in [1.807, 2.05) is 20.8 Å². The highest BCUT2D eigenvalue weighted by Gasteiger charge is 2.61. The number of carbonyl (C=O) groups is 2. The van der Waals surface area contributed by atoms with Gasteiger partial charge in [0.25, 0.3) is 5.91 Å². The van der Waals surface area contributed by atoms with E-state index in [0.717, 1.165) is 18.9 Å². The van der Waals surface area contributed by atoms with Crippen molar-refractivity contribution in [3.05, 3.63) is 93.0 Å². The van der Waals surface area contributed by atoms with E-state index < -0.39 is 52.3 Å². The molecule has 1 aliphatic heterocycles. The van der Waals surface area contributed by atoms with Gasteiger partial charge in [0.2, 0.25) is 5.91 Å². The van der Waals surface area contributed by atoms with Crippen LogP contribution in [0.2, 0.25) is 10.0 Å². The Labute approximate surface area is 379 Å². The molecule has 0 spiro atoms. The lowest BCUT2D eigenvalue weighted by Gasteiger charge is -2.37. The average molecular weight is 918 g/mol.